The standard InChI is InChI=1S/C17H20N4O5/c1-9(14(22)20-17(25)18-2)26-16(24)10-5-6-12-11(8-10)19-15(23)13-4-3-7-21(12)13/h5-6,8-9,13H,3-4,7H2,1-2H3,(H,19,23)(H2,18,20,22,25)/t9-,13+/m1/s1. The number of fused-ring (bicyclic) bond motifs is 3. The number of benzene rings is 1. The monoisotopic (exact) mass is 360 g/mol. The Morgan fingerprint density at radius 2 is 2.12 bits per heavy atom. The van der Waals surface area contributed by atoms with Gasteiger partial charge in [0.2, 0.25) is 5.91 Å². The van der Waals surface area contributed by atoms with Crippen LogP contribution in [0.1, 0.15) is 30.1 Å². The van der Waals surface area contributed by atoms with Gasteiger partial charge in [-0.05, 0) is 38.0 Å². The molecule has 138 valence electrons. The third-order valence-corrected chi connectivity index (χ3v) is 4.47. The Morgan fingerprint density at radius 1 is 1.35 bits per heavy atom. The fraction of sp³-hybridized carbons (Fsp3) is 0.412. The third kappa shape index (κ3) is 3.32. The molecule has 1 fully saturated rings. The summed E-state index contributed by atoms with van der Waals surface area (Å²) in [4.78, 5) is 49.4. The van der Waals surface area contributed by atoms with Crippen LogP contribution in [0, 0.1) is 0 Å². The molecule has 0 spiro atoms. The molecule has 3 N–H and O–H groups in total. The summed E-state index contributed by atoms with van der Waals surface area (Å²) in [5.41, 5.74) is 1.63. The molecule has 0 aliphatic carbocycles. The SMILES string of the molecule is CNC(=O)NC(=O)[C@@H](C)OC(=O)c1ccc2c(c1)NC(=O)[C@@H]1CCCN21. The summed E-state index contributed by atoms with van der Waals surface area (Å²) in [6.07, 6.45) is 0.611. The van der Waals surface area contributed by atoms with Crippen LogP contribution in [0.15, 0.2) is 18.2 Å². The summed E-state index contributed by atoms with van der Waals surface area (Å²) in [5.74, 6) is -1.53. The fourth-order valence-corrected chi connectivity index (χ4v) is 3.12. The molecule has 1 aromatic carbocycles. The lowest BCUT2D eigenvalue weighted by molar-refractivity contribution is -0.127. The highest BCUT2D eigenvalue weighted by Gasteiger charge is 2.36. The van der Waals surface area contributed by atoms with Crippen molar-refractivity contribution in [3.05, 3.63) is 23.8 Å². The first kappa shape index (κ1) is 17.7. The van der Waals surface area contributed by atoms with Crippen LogP contribution in [0.4, 0.5) is 16.2 Å². The summed E-state index contributed by atoms with van der Waals surface area (Å²) >= 11 is 0. The van der Waals surface area contributed by atoms with Gasteiger partial charge < -0.3 is 20.3 Å². The molecule has 0 radical (unpaired) electrons. The smallest absolute Gasteiger partial charge is 0.338 e. The van der Waals surface area contributed by atoms with Crippen molar-refractivity contribution in [2.45, 2.75) is 31.9 Å². The highest BCUT2D eigenvalue weighted by molar-refractivity contribution is 6.05. The molecule has 2 heterocycles. The van der Waals surface area contributed by atoms with Crippen LogP contribution in [0.3, 0.4) is 0 Å². The third-order valence-electron chi connectivity index (χ3n) is 4.47. The normalized spacial score (nSPS) is 18.9. The van der Waals surface area contributed by atoms with Crippen molar-refractivity contribution in [2.75, 3.05) is 23.8 Å². The van der Waals surface area contributed by atoms with Crippen LogP contribution in [0.25, 0.3) is 0 Å². The molecule has 0 aromatic heterocycles. The molecule has 0 unspecified atom stereocenters. The second-order valence-corrected chi connectivity index (χ2v) is 6.19. The second kappa shape index (κ2) is 7.03. The number of hydrogen-bond donors (Lipinski definition) is 3. The zero-order valence-corrected chi connectivity index (χ0v) is 14.5. The Morgan fingerprint density at radius 3 is 2.85 bits per heavy atom. The van der Waals surface area contributed by atoms with Crippen LogP contribution in [0.2, 0.25) is 0 Å². The first-order chi connectivity index (χ1) is 12.4. The molecule has 2 aliphatic rings. The van der Waals surface area contributed by atoms with E-state index < -0.39 is 24.0 Å². The molecule has 0 bridgehead atoms. The molecule has 0 saturated carbocycles. The maximum atomic E-state index is 12.3. The number of imide groups is 1. The molecule has 1 aromatic rings. The van der Waals surface area contributed by atoms with E-state index in [9.17, 15) is 19.2 Å². The van der Waals surface area contributed by atoms with Gasteiger partial charge in [-0.3, -0.25) is 14.9 Å². The van der Waals surface area contributed by atoms with E-state index in [1.807, 2.05) is 10.2 Å². The van der Waals surface area contributed by atoms with Gasteiger partial charge in [0.25, 0.3) is 5.91 Å². The number of anilines is 2. The van der Waals surface area contributed by atoms with Crippen LogP contribution in [-0.2, 0) is 14.3 Å². The highest BCUT2D eigenvalue weighted by Crippen LogP contribution is 2.37. The fourth-order valence-electron chi connectivity index (χ4n) is 3.12. The average Bonchev–Trinajstić information content (AvgIpc) is 3.11. The predicted molar refractivity (Wildman–Crippen MR) is 92.9 cm³/mol. The Hall–Kier alpha value is -3.10. The second-order valence-electron chi connectivity index (χ2n) is 6.19. The first-order valence-electron chi connectivity index (χ1n) is 8.36. The number of nitrogens with one attached hydrogen (secondary N) is 3. The predicted octanol–water partition coefficient (Wildman–Crippen LogP) is 0.608. The molecule has 9 nitrogen and oxygen atoms in total. The number of carbonyl (C=O) groups excluding carboxylic acids is 4. The van der Waals surface area contributed by atoms with E-state index in [4.69, 9.17) is 4.74 Å². The van der Waals surface area contributed by atoms with Crippen molar-refractivity contribution in [3.63, 3.8) is 0 Å². The van der Waals surface area contributed by atoms with E-state index in [2.05, 4.69) is 10.6 Å². The average molecular weight is 360 g/mol. The molecular formula is C17H20N4O5. The van der Waals surface area contributed by atoms with Gasteiger partial charge in [0.05, 0.1) is 16.9 Å². The minimum atomic E-state index is -1.15. The Balaban J connectivity index is 1.71. The van der Waals surface area contributed by atoms with Gasteiger partial charge in [-0.1, -0.05) is 0 Å². The Labute approximate surface area is 150 Å². The van der Waals surface area contributed by atoms with Gasteiger partial charge in [0.1, 0.15) is 6.04 Å². The minimum absolute atomic E-state index is 0.0844. The summed E-state index contributed by atoms with van der Waals surface area (Å²) in [5, 5.41) is 7.09. The number of hydrogen-bond acceptors (Lipinski definition) is 6. The molecule has 2 atom stereocenters. The van der Waals surface area contributed by atoms with Crippen molar-refractivity contribution in [1.29, 1.82) is 0 Å². The molecule has 1 saturated heterocycles. The van der Waals surface area contributed by atoms with E-state index in [0.717, 1.165) is 25.1 Å². The molecule has 26 heavy (non-hydrogen) atoms. The highest BCUT2D eigenvalue weighted by atomic mass is 16.5. The zero-order valence-electron chi connectivity index (χ0n) is 14.5. The molecule has 9 heteroatoms. The summed E-state index contributed by atoms with van der Waals surface area (Å²) in [6, 6.07) is 4.05. The lowest BCUT2D eigenvalue weighted by Crippen LogP contribution is -2.44. The summed E-state index contributed by atoms with van der Waals surface area (Å²) in [6.45, 7) is 2.16. The largest absolute Gasteiger partial charge is 0.449 e. The van der Waals surface area contributed by atoms with Gasteiger partial charge in [-0.25, -0.2) is 9.59 Å². The van der Waals surface area contributed by atoms with E-state index in [0.29, 0.717) is 5.69 Å². The first-order valence-corrected chi connectivity index (χ1v) is 8.36. The number of ether oxygens (including phenoxy) is 1. The lowest BCUT2D eigenvalue weighted by Gasteiger charge is -2.33. The van der Waals surface area contributed by atoms with Crippen LogP contribution < -0.4 is 20.9 Å². The Kier molecular flexibility index (Phi) is 4.79. The van der Waals surface area contributed by atoms with Gasteiger partial charge in [0, 0.05) is 13.6 Å². The van der Waals surface area contributed by atoms with Crippen molar-refractivity contribution in [3.8, 4) is 0 Å². The molecule has 2 aliphatic heterocycles. The van der Waals surface area contributed by atoms with E-state index in [1.165, 1.54) is 20.0 Å². The van der Waals surface area contributed by atoms with Gasteiger partial charge >= 0.3 is 12.0 Å². The van der Waals surface area contributed by atoms with Crippen molar-refractivity contribution >= 4 is 35.2 Å². The molecular weight excluding hydrogens is 340 g/mol. The number of rotatable bonds is 3. The summed E-state index contributed by atoms with van der Waals surface area (Å²) in [7, 11) is 1.37. The van der Waals surface area contributed by atoms with Gasteiger partial charge in [-0.15, -0.1) is 0 Å². The number of urea groups is 1. The molecule has 3 rings (SSSR count). The van der Waals surface area contributed by atoms with E-state index in [-0.39, 0.29) is 17.5 Å². The van der Waals surface area contributed by atoms with Crippen LogP contribution in [-0.4, -0.2) is 49.6 Å². The van der Waals surface area contributed by atoms with Crippen LogP contribution in [0.5, 0.6) is 0 Å². The Bertz CT molecular complexity index is 778. The van der Waals surface area contributed by atoms with Crippen LogP contribution >= 0.6 is 0 Å². The van der Waals surface area contributed by atoms with Crippen molar-refractivity contribution in [2.24, 2.45) is 0 Å². The van der Waals surface area contributed by atoms with Crippen molar-refractivity contribution in [1.82, 2.24) is 10.6 Å². The van der Waals surface area contributed by atoms with E-state index in [1.54, 1.807) is 12.1 Å². The van der Waals surface area contributed by atoms with Gasteiger partial charge in [0.15, 0.2) is 6.10 Å². The topological polar surface area (TPSA) is 117 Å². The maximum Gasteiger partial charge on any atom is 0.338 e. The summed E-state index contributed by atoms with van der Waals surface area (Å²) < 4.78 is 5.09. The molecule has 4 amide bonds. The number of esters is 1. The number of carbonyl (C=O) groups is 4. The number of nitrogens with zero attached hydrogens (tertiary/aromatic N) is 1. The van der Waals surface area contributed by atoms with E-state index >= 15 is 0 Å². The number of amides is 4. The quantitative estimate of drug-likeness (QED) is 0.680. The van der Waals surface area contributed by atoms with Crippen molar-refractivity contribution < 1.29 is 23.9 Å². The zero-order chi connectivity index (χ0) is 18.8. The minimum Gasteiger partial charge on any atom is -0.449 e. The van der Waals surface area contributed by atoms with Gasteiger partial charge in [-0.2, -0.15) is 0 Å². The lowest BCUT2D eigenvalue weighted by atomic mass is 10.1. The maximum absolute atomic E-state index is 12.3.